The number of carbonyl (C=O) groups excluding carboxylic acids is 2. The second kappa shape index (κ2) is 8.44. The van der Waals surface area contributed by atoms with E-state index >= 15 is 0 Å². The first-order chi connectivity index (χ1) is 12.0. The first-order valence-corrected chi connectivity index (χ1v) is 8.28. The van der Waals surface area contributed by atoms with Crippen molar-refractivity contribution in [2.75, 3.05) is 6.61 Å². The Morgan fingerprint density at radius 2 is 1.52 bits per heavy atom. The molecule has 0 unspecified atom stereocenters. The molecule has 1 amide bonds. The zero-order chi connectivity index (χ0) is 18.3. The molecule has 0 aliphatic carbocycles. The zero-order valence-corrected chi connectivity index (χ0v) is 14.4. The van der Waals surface area contributed by atoms with Crippen molar-refractivity contribution in [1.29, 1.82) is 0 Å². The molecule has 0 fully saturated rings. The lowest BCUT2D eigenvalue weighted by molar-refractivity contribution is -0.164. The molecule has 5 nitrogen and oxygen atoms in total. The fourth-order valence-electron chi connectivity index (χ4n) is 2.42. The standard InChI is InChI=1S/C20H23NO4/c1-3-15(2)21-18(22)14-25-19(23)20(24,16-10-6-4-7-11-16)17-12-8-5-9-13-17/h4-13,15,24H,3,14H2,1-2H3,(H,21,22)/t15-/m0/s1. The van der Waals surface area contributed by atoms with E-state index in [1.165, 1.54) is 0 Å². The molecule has 2 rings (SSSR count). The summed E-state index contributed by atoms with van der Waals surface area (Å²) in [4.78, 5) is 24.5. The summed E-state index contributed by atoms with van der Waals surface area (Å²) < 4.78 is 5.12. The summed E-state index contributed by atoms with van der Waals surface area (Å²) >= 11 is 0. The molecule has 25 heavy (non-hydrogen) atoms. The van der Waals surface area contributed by atoms with Gasteiger partial charge in [0.2, 0.25) is 5.60 Å². The topological polar surface area (TPSA) is 75.6 Å². The maximum Gasteiger partial charge on any atom is 0.348 e. The van der Waals surface area contributed by atoms with Crippen LogP contribution in [0.5, 0.6) is 0 Å². The fourth-order valence-corrected chi connectivity index (χ4v) is 2.42. The fraction of sp³-hybridized carbons (Fsp3) is 0.300. The summed E-state index contributed by atoms with van der Waals surface area (Å²) in [5.41, 5.74) is -1.21. The van der Waals surface area contributed by atoms with Crippen LogP contribution in [0.4, 0.5) is 0 Å². The van der Waals surface area contributed by atoms with Crippen LogP contribution >= 0.6 is 0 Å². The van der Waals surface area contributed by atoms with E-state index in [2.05, 4.69) is 5.32 Å². The predicted molar refractivity (Wildman–Crippen MR) is 94.7 cm³/mol. The van der Waals surface area contributed by atoms with Gasteiger partial charge in [-0.1, -0.05) is 67.6 Å². The van der Waals surface area contributed by atoms with Gasteiger partial charge in [0, 0.05) is 6.04 Å². The van der Waals surface area contributed by atoms with Gasteiger partial charge in [0.1, 0.15) is 0 Å². The summed E-state index contributed by atoms with van der Waals surface area (Å²) in [6.07, 6.45) is 0.775. The van der Waals surface area contributed by atoms with Crippen molar-refractivity contribution in [2.24, 2.45) is 0 Å². The molecular formula is C20H23NO4. The van der Waals surface area contributed by atoms with E-state index in [0.717, 1.165) is 6.42 Å². The number of hydrogen-bond donors (Lipinski definition) is 2. The van der Waals surface area contributed by atoms with Crippen molar-refractivity contribution in [3.8, 4) is 0 Å². The minimum atomic E-state index is -1.97. The molecule has 0 aliphatic rings. The SMILES string of the molecule is CC[C@H](C)NC(=O)COC(=O)C(O)(c1ccccc1)c1ccccc1. The first-order valence-electron chi connectivity index (χ1n) is 8.28. The van der Waals surface area contributed by atoms with Crippen molar-refractivity contribution < 1.29 is 19.4 Å². The van der Waals surface area contributed by atoms with E-state index in [-0.39, 0.29) is 6.04 Å². The number of esters is 1. The van der Waals surface area contributed by atoms with Gasteiger partial charge in [-0.2, -0.15) is 0 Å². The molecular weight excluding hydrogens is 318 g/mol. The minimum absolute atomic E-state index is 0.00617. The molecule has 2 aromatic carbocycles. The van der Waals surface area contributed by atoms with E-state index < -0.39 is 24.1 Å². The number of carbonyl (C=O) groups is 2. The van der Waals surface area contributed by atoms with Crippen LogP contribution in [0.1, 0.15) is 31.4 Å². The van der Waals surface area contributed by atoms with Crippen molar-refractivity contribution in [2.45, 2.75) is 31.9 Å². The monoisotopic (exact) mass is 341 g/mol. The lowest BCUT2D eigenvalue weighted by Crippen LogP contribution is -2.41. The van der Waals surface area contributed by atoms with Crippen LogP contribution in [0.2, 0.25) is 0 Å². The van der Waals surface area contributed by atoms with E-state index in [4.69, 9.17) is 4.74 Å². The highest BCUT2D eigenvalue weighted by molar-refractivity contribution is 5.88. The van der Waals surface area contributed by atoms with Gasteiger partial charge in [-0.25, -0.2) is 4.79 Å². The molecule has 132 valence electrons. The highest BCUT2D eigenvalue weighted by atomic mass is 16.6. The lowest BCUT2D eigenvalue weighted by Gasteiger charge is -2.27. The number of rotatable bonds is 7. The van der Waals surface area contributed by atoms with Crippen molar-refractivity contribution in [3.63, 3.8) is 0 Å². The molecule has 0 spiro atoms. The molecule has 5 heteroatoms. The van der Waals surface area contributed by atoms with Crippen molar-refractivity contribution in [3.05, 3.63) is 71.8 Å². The quantitative estimate of drug-likeness (QED) is 0.758. The lowest BCUT2D eigenvalue weighted by atomic mass is 9.86. The van der Waals surface area contributed by atoms with Crippen LogP contribution in [-0.2, 0) is 19.9 Å². The van der Waals surface area contributed by atoms with Gasteiger partial charge in [0.15, 0.2) is 6.61 Å². The Balaban J connectivity index is 2.22. The third-order valence-corrected chi connectivity index (χ3v) is 4.03. The first kappa shape index (κ1) is 18.7. The van der Waals surface area contributed by atoms with Gasteiger partial charge in [-0.15, -0.1) is 0 Å². The predicted octanol–water partition coefficient (Wildman–Crippen LogP) is 2.38. The van der Waals surface area contributed by atoms with Gasteiger partial charge in [-0.3, -0.25) is 4.79 Å². The third-order valence-electron chi connectivity index (χ3n) is 4.03. The Kier molecular flexibility index (Phi) is 6.31. The average molecular weight is 341 g/mol. The molecule has 0 aliphatic heterocycles. The Hall–Kier alpha value is -2.66. The molecule has 0 radical (unpaired) electrons. The normalized spacial score (nSPS) is 12.3. The van der Waals surface area contributed by atoms with Gasteiger partial charge in [0.05, 0.1) is 0 Å². The van der Waals surface area contributed by atoms with Crippen LogP contribution in [0.25, 0.3) is 0 Å². The number of amides is 1. The van der Waals surface area contributed by atoms with Crippen molar-refractivity contribution >= 4 is 11.9 Å². The maximum atomic E-state index is 12.7. The van der Waals surface area contributed by atoms with Gasteiger partial charge < -0.3 is 15.2 Å². The number of benzene rings is 2. The minimum Gasteiger partial charge on any atom is -0.453 e. The van der Waals surface area contributed by atoms with E-state index in [0.29, 0.717) is 11.1 Å². The second-order valence-corrected chi connectivity index (χ2v) is 5.90. The van der Waals surface area contributed by atoms with Crippen LogP contribution in [0.15, 0.2) is 60.7 Å². The molecule has 1 atom stereocenters. The Labute approximate surface area is 147 Å². The number of nitrogens with one attached hydrogen (secondary N) is 1. The smallest absolute Gasteiger partial charge is 0.348 e. The average Bonchev–Trinajstić information content (AvgIpc) is 2.66. The largest absolute Gasteiger partial charge is 0.453 e. The second-order valence-electron chi connectivity index (χ2n) is 5.90. The highest BCUT2D eigenvalue weighted by Gasteiger charge is 2.41. The number of aliphatic hydroxyl groups is 1. The Bertz CT molecular complexity index is 661. The molecule has 2 N–H and O–H groups in total. The van der Waals surface area contributed by atoms with E-state index in [1.807, 2.05) is 13.8 Å². The van der Waals surface area contributed by atoms with Gasteiger partial charge in [-0.05, 0) is 24.5 Å². The van der Waals surface area contributed by atoms with Crippen LogP contribution in [0, 0.1) is 0 Å². The Morgan fingerprint density at radius 3 is 1.96 bits per heavy atom. The Morgan fingerprint density at radius 1 is 1.04 bits per heavy atom. The van der Waals surface area contributed by atoms with E-state index in [9.17, 15) is 14.7 Å². The summed E-state index contributed by atoms with van der Waals surface area (Å²) in [5, 5.41) is 13.9. The summed E-state index contributed by atoms with van der Waals surface area (Å²) in [5.74, 6) is -1.28. The number of hydrogen-bond acceptors (Lipinski definition) is 4. The molecule has 0 heterocycles. The summed E-state index contributed by atoms with van der Waals surface area (Å²) in [6, 6.07) is 17.1. The molecule has 0 saturated heterocycles. The number of ether oxygens (including phenoxy) is 1. The van der Waals surface area contributed by atoms with Gasteiger partial charge in [0.25, 0.3) is 5.91 Å². The molecule has 0 saturated carbocycles. The third kappa shape index (κ3) is 4.45. The van der Waals surface area contributed by atoms with E-state index in [1.54, 1.807) is 60.7 Å². The molecule has 0 aromatic heterocycles. The van der Waals surface area contributed by atoms with Crippen LogP contribution < -0.4 is 5.32 Å². The van der Waals surface area contributed by atoms with Crippen molar-refractivity contribution in [1.82, 2.24) is 5.32 Å². The maximum absolute atomic E-state index is 12.7. The summed E-state index contributed by atoms with van der Waals surface area (Å²) in [7, 11) is 0. The zero-order valence-electron chi connectivity index (χ0n) is 14.4. The molecule has 0 bridgehead atoms. The van der Waals surface area contributed by atoms with Crippen LogP contribution in [0.3, 0.4) is 0 Å². The molecule has 2 aromatic rings. The van der Waals surface area contributed by atoms with Gasteiger partial charge >= 0.3 is 5.97 Å². The highest BCUT2D eigenvalue weighted by Crippen LogP contribution is 2.30. The summed E-state index contributed by atoms with van der Waals surface area (Å²) in [6.45, 7) is 3.37. The van der Waals surface area contributed by atoms with Crippen LogP contribution in [-0.4, -0.2) is 29.6 Å².